The molecule has 222 valence electrons. The highest BCUT2D eigenvalue weighted by Crippen LogP contribution is 2.53. The molecule has 0 aromatic rings. The van der Waals surface area contributed by atoms with Crippen molar-refractivity contribution in [1.82, 2.24) is 0 Å². The number of aliphatic hydroxyl groups is 2. The van der Waals surface area contributed by atoms with Gasteiger partial charge in [-0.05, 0) is 69.4 Å². The topological polar surface area (TPSA) is 94.5 Å². The molecule has 0 saturated carbocycles. The Kier molecular flexibility index (Phi) is 8.28. The number of rotatable bonds is 1. The molecule has 1 aliphatic carbocycles. The van der Waals surface area contributed by atoms with Gasteiger partial charge in [0.25, 0.3) is 0 Å². The predicted octanol–water partition coefficient (Wildman–Crippen LogP) is 5.31. The van der Waals surface area contributed by atoms with Crippen molar-refractivity contribution < 1.29 is 34.0 Å². The molecule has 5 aliphatic rings. The Balaban J connectivity index is 1.55. The molecular formula is C33H48O7. The Labute approximate surface area is 239 Å². The fraction of sp³-hybridized carbons (Fsp3) is 0.727. The fourth-order valence-electron chi connectivity index (χ4n) is 7.61. The number of carbonyl (C=O) groups excluding carboxylic acids is 1. The Bertz CT molecular complexity index is 1110. The van der Waals surface area contributed by atoms with Crippen LogP contribution in [0.1, 0.15) is 86.5 Å². The zero-order chi connectivity index (χ0) is 28.9. The van der Waals surface area contributed by atoms with E-state index < -0.39 is 41.1 Å². The normalized spacial score (nSPS) is 49.6. The highest BCUT2D eigenvalue weighted by Gasteiger charge is 2.66. The molecule has 2 bridgehead atoms. The number of allylic oxidation sites excluding steroid dienone is 4. The summed E-state index contributed by atoms with van der Waals surface area (Å²) in [6.07, 6.45) is 12.7. The van der Waals surface area contributed by atoms with Crippen LogP contribution in [0.3, 0.4) is 0 Å². The second-order valence-electron chi connectivity index (χ2n) is 13.3. The molecule has 7 heteroatoms. The van der Waals surface area contributed by atoms with Crippen LogP contribution in [0.15, 0.2) is 47.1 Å². The van der Waals surface area contributed by atoms with E-state index in [2.05, 4.69) is 39.8 Å². The maximum absolute atomic E-state index is 14.2. The zero-order valence-corrected chi connectivity index (χ0v) is 25.0. The molecule has 4 heterocycles. The quantitative estimate of drug-likeness (QED) is 0.334. The summed E-state index contributed by atoms with van der Waals surface area (Å²) >= 11 is 0. The van der Waals surface area contributed by atoms with Crippen LogP contribution in [0.4, 0.5) is 0 Å². The maximum atomic E-state index is 14.2. The van der Waals surface area contributed by atoms with E-state index in [0.29, 0.717) is 29.9 Å². The molecule has 5 rings (SSSR count). The van der Waals surface area contributed by atoms with Crippen LogP contribution in [-0.2, 0) is 23.7 Å². The molecular weight excluding hydrogens is 508 g/mol. The van der Waals surface area contributed by atoms with Crippen LogP contribution in [0.2, 0.25) is 0 Å². The van der Waals surface area contributed by atoms with Gasteiger partial charge in [0.1, 0.15) is 29.3 Å². The van der Waals surface area contributed by atoms with Crippen LogP contribution >= 0.6 is 0 Å². The lowest BCUT2D eigenvalue weighted by atomic mass is 9.61. The van der Waals surface area contributed by atoms with Crippen LogP contribution in [0, 0.1) is 17.3 Å². The van der Waals surface area contributed by atoms with E-state index in [1.165, 1.54) is 5.57 Å². The largest absolute Gasteiger partial charge is 0.461 e. The third-order valence-electron chi connectivity index (χ3n) is 10.0. The van der Waals surface area contributed by atoms with E-state index >= 15 is 0 Å². The lowest BCUT2D eigenvalue weighted by Crippen LogP contribution is -2.63. The standard InChI is InChI=1S/C33H48O7/c1-7-27-22(4)13-14-32(40-27)18-26-16-25(39-32)12-11-21(3)15-20(2)9-8-10-24-19-37-29-28(34)23(5)17-31(6,30(35)38-26)33(24,29)36/h8-11,17,20,22,25-29,34,36H,7,12-16,18-19H2,1-6H3/b9-8+,21-11+,24-10+/t20-,22-,25+,26?,27+,28?,29+,31-,32+,33-/m0/s1. The summed E-state index contributed by atoms with van der Waals surface area (Å²) in [5, 5.41) is 23.3. The first-order chi connectivity index (χ1) is 18.9. The van der Waals surface area contributed by atoms with Crippen molar-refractivity contribution in [3.8, 4) is 0 Å². The summed E-state index contributed by atoms with van der Waals surface area (Å²) in [6.45, 7) is 12.3. The summed E-state index contributed by atoms with van der Waals surface area (Å²) in [5.74, 6) is -0.581. The van der Waals surface area contributed by atoms with Gasteiger partial charge in [-0.2, -0.15) is 0 Å². The summed E-state index contributed by atoms with van der Waals surface area (Å²) < 4.78 is 25.7. The van der Waals surface area contributed by atoms with Gasteiger partial charge in [-0.15, -0.1) is 0 Å². The first kappa shape index (κ1) is 29.7. The van der Waals surface area contributed by atoms with Gasteiger partial charge >= 0.3 is 5.97 Å². The van der Waals surface area contributed by atoms with E-state index in [9.17, 15) is 15.0 Å². The van der Waals surface area contributed by atoms with Crippen LogP contribution in [-0.4, -0.2) is 64.7 Å². The Morgan fingerprint density at radius 1 is 1.15 bits per heavy atom. The van der Waals surface area contributed by atoms with Crippen molar-refractivity contribution in [2.45, 2.75) is 128 Å². The minimum Gasteiger partial charge on any atom is -0.461 e. The average Bonchev–Trinajstić information content (AvgIpc) is 3.25. The SMILES string of the molecule is CC[C@H]1O[C@]2(CC[C@@H]1C)CC1C[C@@H](C/C=C(\C)C[C@@H](C)/C=C/C=C3\CO[C@@H]4C(O)C(C)=C[C@@](C)(C(=O)O1)[C@]34O)O2. The number of fused-ring (bicyclic) bond motifs is 2. The predicted molar refractivity (Wildman–Crippen MR) is 152 cm³/mol. The van der Waals surface area contributed by atoms with E-state index in [1.54, 1.807) is 19.9 Å². The summed E-state index contributed by atoms with van der Waals surface area (Å²) in [4.78, 5) is 14.2. The highest BCUT2D eigenvalue weighted by atomic mass is 16.7. The van der Waals surface area contributed by atoms with Crippen molar-refractivity contribution >= 4 is 5.97 Å². The van der Waals surface area contributed by atoms with Crippen molar-refractivity contribution in [1.29, 1.82) is 0 Å². The van der Waals surface area contributed by atoms with E-state index in [4.69, 9.17) is 18.9 Å². The van der Waals surface area contributed by atoms with Gasteiger partial charge in [0.15, 0.2) is 5.79 Å². The number of ether oxygens (including phenoxy) is 4. The van der Waals surface area contributed by atoms with Gasteiger partial charge in [0.05, 0.1) is 18.8 Å². The first-order valence-electron chi connectivity index (χ1n) is 15.2. The third kappa shape index (κ3) is 5.17. The van der Waals surface area contributed by atoms with Gasteiger partial charge in [-0.25, -0.2) is 0 Å². The third-order valence-corrected chi connectivity index (χ3v) is 10.0. The van der Waals surface area contributed by atoms with Crippen molar-refractivity contribution in [2.24, 2.45) is 17.3 Å². The molecule has 3 fully saturated rings. The molecule has 2 unspecified atom stereocenters. The molecule has 0 amide bonds. The summed E-state index contributed by atoms with van der Waals surface area (Å²) in [5.41, 5.74) is -0.739. The molecule has 0 aromatic carbocycles. The fourth-order valence-corrected chi connectivity index (χ4v) is 7.61. The number of hydrogen-bond acceptors (Lipinski definition) is 7. The second kappa shape index (κ2) is 11.1. The molecule has 10 atom stereocenters. The van der Waals surface area contributed by atoms with Crippen LogP contribution in [0.5, 0.6) is 0 Å². The molecule has 4 aliphatic heterocycles. The molecule has 2 N–H and O–H groups in total. The first-order valence-corrected chi connectivity index (χ1v) is 15.2. The van der Waals surface area contributed by atoms with E-state index in [-0.39, 0.29) is 24.7 Å². The van der Waals surface area contributed by atoms with Crippen molar-refractivity contribution in [3.63, 3.8) is 0 Å². The van der Waals surface area contributed by atoms with E-state index in [1.807, 2.05) is 12.2 Å². The van der Waals surface area contributed by atoms with Crippen LogP contribution < -0.4 is 0 Å². The average molecular weight is 557 g/mol. The lowest BCUT2D eigenvalue weighted by molar-refractivity contribution is -0.335. The smallest absolute Gasteiger partial charge is 0.319 e. The molecule has 40 heavy (non-hydrogen) atoms. The lowest BCUT2D eigenvalue weighted by Gasteiger charge is -2.51. The van der Waals surface area contributed by atoms with E-state index in [0.717, 1.165) is 32.1 Å². The van der Waals surface area contributed by atoms with Gasteiger partial charge < -0.3 is 29.2 Å². The Hall–Kier alpha value is -1.77. The van der Waals surface area contributed by atoms with Gasteiger partial charge in [0.2, 0.25) is 0 Å². The van der Waals surface area contributed by atoms with Gasteiger partial charge in [0, 0.05) is 19.3 Å². The maximum Gasteiger partial charge on any atom is 0.319 e. The monoisotopic (exact) mass is 556 g/mol. The van der Waals surface area contributed by atoms with Crippen molar-refractivity contribution in [2.75, 3.05) is 6.61 Å². The van der Waals surface area contributed by atoms with Gasteiger partial charge in [-0.3, -0.25) is 4.79 Å². The summed E-state index contributed by atoms with van der Waals surface area (Å²) in [6, 6.07) is 0. The molecule has 0 aromatic heterocycles. The minimum atomic E-state index is -1.74. The zero-order valence-electron chi connectivity index (χ0n) is 25.0. The number of hydrogen-bond donors (Lipinski definition) is 2. The molecule has 1 spiro atoms. The Morgan fingerprint density at radius 2 is 1.93 bits per heavy atom. The van der Waals surface area contributed by atoms with Gasteiger partial charge in [-0.1, -0.05) is 56.7 Å². The molecule has 0 radical (unpaired) electrons. The highest BCUT2D eigenvalue weighted by molar-refractivity contribution is 5.83. The Morgan fingerprint density at radius 3 is 2.67 bits per heavy atom. The van der Waals surface area contributed by atoms with Crippen molar-refractivity contribution in [3.05, 3.63) is 47.1 Å². The number of aliphatic hydroxyl groups excluding tert-OH is 1. The number of carbonyl (C=O) groups is 1. The number of esters is 1. The molecule has 3 saturated heterocycles. The summed E-state index contributed by atoms with van der Waals surface area (Å²) in [7, 11) is 0. The molecule has 7 nitrogen and oxygen atoms in total. The second-order valence-corrected chi connectivity index (χ2v) is 13.3. The van der Waals surface area contributed by atoms with Crippen LogP contribution in [0.25, 0.3) is 0 Å². The minimum absolute atomic E-state index is 0.0966.